The van der Waals surface area contributed by atoms with Gasteiger partial charge in [0.15, 0.2) is 5.78 Å². The fourth-order valence-corrected chi connectivity index (χ4v) is 2.23. The highest BCUT2D eigenvalue weighted by Gasteiger charge is 2.26. The van der Waals surface area contributed by atoms with Gasteiger partial charge < -0.3 is 10.3 Å². The Kier molecular flexibility index (Phi) is 2.42. The van der Waals surface area contributed by atoms with E-state index in [4.69, 9.17) is 5.73 Å². The lowest BCUT2D eigenvalue weighted by atomic mass is 9.85. The van der Waals surface area contributed by atoms with E-state index in [1.807, 2.05) is 19.3 Å². The molecule has 3 heteroatoms. The molecule has 0 saturated carbocycles. The normalized spacial score (nSPS) is 21.0. The Labute approximate surface area is 83.9 Å². The fourth-order valence-electron chi connectivity index (χ4n) is 2.23. The second-order valence-corrected chi connectivity index (χ2v) is 4.06. The minimum Gasteiger partial charge on any atom is -0.354 e. The first-order chi connectivity index (χ1) is 6.72. The summed E-state index contributed by atoms with van der Waals surface area (Å²) < 4.78 is 2.05. The molecule has 0 radical (unpaired) electrons. The van der Waals surface area contributed by atoms with E-state index in [2.05, 4.69) is 4.57 Å². The highest BCUT2D eigenvalue weighted by Crippen LogP contribution is 2.27. The van der Waals surface area contributed by atoms with Gasteiger partial charge in [-0.3, -0.25) is 4.79 Å². The van der Waals surface area contributed by atoms with Crippen molar-refractivity contribution in [1.82, 2.24) is 4.57 Å². The summed E-state index contributed by atoms with van der Waals surface area (Å²) in [4.78, 5) is 11.7. The minimum absolute atomic E-state index is 0.283. The maximum Gasteiger partial charge on any atom is 0.164 e. The quantitative estimate of drug-likeness (QED) is 0.763. The average Bonchev–Trinajstić information content (AvgIpc) is 2.49. The van der Waals surface area contributed by atoms with Crippen LogP contribution in [-0.4, -0.2) is 16.9 Å². The van der Waals surface area contributed by atoms with Crippen molar-refractivity contribution in [3.8, 4) is 0 Å². The topological polar surface area (TPSA) is 48.0 Å². The number of hydrogen-bond donors (Lipinski definition) is 1. The van der Waals surface area contributed by atoms with Crippen LogP contribution in [0.2, 0.25) is 0 Å². The Hall–Kier alpha value is -1.09. The van der Waals surface area contributed by atoms with Crippen molar-refractivity contribution < 1.29 is 4.79 Å². The van der Waals surface area contributed by atoms with Gasteiger partial charge in [-0.05, 0) is 31.4 Å². The maximum absolute atomic E-state index is 11.7. The molecule has 1 atom stereocenters. The van der Waals surface area contributed by atoms with Crippen molar-refractivity contribution in [3.05, 3.63) is 23.5 Å². The lowest BCUT2D eigenvalue weighted by molar-refractivity contribution is 0.0946. The predicted molar refractivity (Wildman–Crippen MR) is 55.2 cm³/mol. The number of carbonyl (C=O) groups is 1. The van der Waals surface area contributed by atoms with Gasteiger partial charge in [0.2, 0.25) is 0 Å². The van der Waals surface area contributed by atoms with Gasteiger partial charge in [0.05, 0.1) is 0 Å². The smallest absolute Gasteiger partial charge is 0.164 e. The van der Waals surface area contributed by atoms with Crippen molar-refractivity contribution in [2.75, 3.05) is 6.54 Å². The Balaban J connectivity index is 2.26. The standard InChI is InChI=1S/C11H16N2O/c1-13-5-3-9-10(13)6-8(2-4-12)7-11(9)14/h3,5,8H,2,4,6-7,12H2,1H3. The molecule has 0 spiro atoms. The molecule has 0 fully saturated rings. The van der Waals surface area contributed by atoms with Gasteiger partial charge in [0.1, 0.15) is 0 Å². The van der Waals surface area contributed by atoms with Crippen molar-refractivity contribution in [2.24, 2.45) is 18.7 Å². The van der Waals surface area contributed by atoms with Crippen LogP contribution < -0.4 is 5.73 Å². The predicted octanol–water partition coefficient (Wildman–Crippen LogP) is 1.12. The number of ketones is 1. The van der Waals surface area contributed by atoms with E-state index in [1.54, 1.807) is 0 Å². The van der Waals surface area contributed by atoms with E-state index in [0.29, 0.717) is 18.9 Å². The number of carbonyl (C=O) groups excluding carboxylic acids is 1. The van der Waals surface area contributed by atoms with Crippen molar-refractivity contribution in [3.63, 3.8) is 0 Å². The monoisotopic (exact) mass is 192 g/mol. The van der Waals surface area contributed by atoms with Gasteiger partial charge in [-0.1, -0.05) is 0 Å². The second-order valence-electron chi connectivity index (χ2n) is 4.06. The molecular weight excluding hydrogens is 176 g/mol. The summed E-state index contributed by atoms with van der Waals surface area (Å²) in [6.45, 7) is 0.678. The van der Waals surface area contributed by atoms with Crippen molar-refractivity contribution in [1.29, 1.82) is 0 Å². The molecule has 1 aromatic rings. The first-order valence-corrected chi connectivity index (χ1v) is 5.10. The second kappa shape index (κ2) is 3.58. The zero-order valence-corrected chi connectivity index (χ0v) is 8.49. The summed E-state index contributed by atoms with van der Waals surface area (Å²) in [7, 11) is 2.00. The Morgan fingerprint density at radius 3 is 3.07 bits per heavy atom. The first-order valence-electron chi connectivity index (χ1n) is 5.10. The van der Waals surface area contributed by atoms with Crippen molar-refractivity contribution in [2.45, 2.75) is 19.3 Å². The molecule has 0 bridgehead atoms. The summed E-state index contributed by atoms with van der Waals surface area (Å²) in [5, 5.41) is 0. The number of nitrogens with zero attached hydrogens (tertiary/aromatic N) is 1. The number of aryl methyl sites for hydroxylation is 1. The van der Waals surface area contributed by atoms with Crippen LogP contribution in [0.4, 0.5) is 0 Å². The van der Waals surface area contributed by atoms with E-state index in [-0.39, 0.29) is 5.78 Å². The van der Waals surface area contributed by atoms with E-state index < -0.39 is 0 Å². The number of nitrogens with two attached hydrogens (primary N) is 1. The third-order valence-corrected chi connectivity index (χ3v) is 3.03. The number of rotatable bonds is 2. The largest absolute Gasteiger partial charge is 0.354 e. The van der Waals surface area contributed by atoms with Gasteiger partial charge in [-0.25, -0.2) is 0 Å². The van der Waals surface area contributed by atoms with Crippen LogP contribution in [-0.2, 0) is 13.5 Å². The summed E-state index contributed by atoms with van der Waals surface area (Å²) in [5.74, 6) is 0.735. The Bertz CT molecular complexity index is 354. The maximum atomic E-state index is 11.7. The molecule has 1 heterocycles. The van der Waals surface area contributed by atoms with Crippen LogP contribution in [0, 0.1) is 5.92 Å². The molecule has 0 aliphatic heterocycles. The summed E-state index contributed by atoms with van der Waals surface area (Å²) >= 11 is 0. The Morgan fingerprint density at radius 2 is 2.36 bits per heavy atom. The molecule has 2 N–H and O–H groups in total. The molecule has 0 aromatic carbocycles. The zero-order chi connectivity index (χ0) is 10.1. The number of fused-ring (bicyclic) bond motifs is 1. The van der Waals surface area contributed by atoms with Crippen LogP contribution in [0.1, 0.15) is 28.9 Å². The molecule has 76 valence electrons. The SMILES string of the molecule is Cn1ccc2c1CC(CCN)CC2=O. The highest BCUT2D eigenvalue weighted by atomic mass is 16.1. The lowest BCUT2D eigenvalue weighted by Gasteiger charge is -2.21. The average molecular weight is 192 g/mol. The molecule has 1 aromatic heterocycles. The summed E-state index contributed by atoms with van der Waals surface area (Å²) in [5.41, 5.74) is 7.62. The van der Waals surface area contributed by atoms with Crippen LogP contribution in [0.5, 0.6) is 0 Å². The lowest BCUT2D eigenvalue weighted by Crippen LogP contribution is -2.23. The number of aromatic nitrogens is 1. The molecule has 2 rings (SSSR count). The van der Waals surface area contributed by atoms with Crippen LogP contribution in [0.3, 0.4) is 0 Å². The van der Waals surface area contributed by atoms with E-state index in [1.165, 1.54) is 5.69 Å². The number of Topliss-reactive ketones (excluding diaryl/α,β-unsaturated/α-hetero) is 1. The van der Waals surface area contributed by atoms with E-state index >= 15 is 0 Å². The molecule has 1 aliphatic rings. The van der Waals surface area contributed by atoms with Crippen LogP contribution >= 0.6 is 0 Å². The number of hydrogen-bond acceptors (Lipinski definition) is 2. The van der Waals surface area contributed by atoms with E-state index in [9.17, 15) is 4.79 Å². The summed E-state index contributed by atoms with van der Waals surface area (Å²) in [6.07, 6.45) is 4.60. The molecule has 3 nitrogen and oxygen atoms in total. The van der Waals surface area contributed by atoms with Crippen LogP contribution in [0.25, 0.3) is 0 Å². The molecular formula is C11H16N2O. The van der Waals surface area contributed by atoms with E-state index in [0.717, 1.165) is 18.4 Å². The minimum atomic E-state index is 0.283. The van der Waals surface area contributed by atoms with Gasteiger partial charge in [-0.2, -0.15) is 0 Å². The summed E-state index contributed by atoms with van der Waals surface area (Å²) in [6, 6.07) is 1.93. The van der Waals surface area contributed by atoms with Crippen LogP contribution in [0.15, 0.2) is 12.3 Å². The van der Waals surface area contributed by atoms with Crippen molar-refractivity contribution >= 4 is 5.78 Å². The van der Waals surface area contributed by atoms with Gasteiger partial charge >= 0.3 is 0 Å². The molecule has 1 aliphatic carbocycles. The highest BCUT2D eigenvalue weighted by molar-refractivity contribution is 5.98. The third kappa shape index (κ3) is 1.48. The fraction of sp³-hybridized carbons (Fsp3) is 0.545. The zero-order valence-electron chi connectivity index (χ0n) is 8.49. The molecule has 0 saturated heterocycles. The van der Waals surface area contributed by atoms with Gasteiger partial charge in [-0.15, -0.1) is 0 Å². The molecule has 14 heavy (non-hydrogen) atoms. The Morgan fingerprint density at radius 1 is 1.57 bits per heavy atom. The first kappa shape index (κ1) is 9.46. The third-order valence-electron chi connectivity index (χ3n) is 3.03. The van der Waals surface area contributed by atoms with Gasteiger partial charge in [0.25, 0.3) is 0 Å². The molecule has 1 unspecified atom stereocenters. The van der Waals surface area contributed by atoms with Gasteiger partial charge in [0, 0.05) is 30.9 Å². The molecule has 0 amide bonds.